The summed E-state index contributed by atoms with van der Waals surface area (Å²) in [4.78, 5) is 14.5. The summed E-state index contributed by atoms with van der Waals surface area (Å²) in [5, 5.41) is 6.57. The summed E-state index contributed by atoms with van der Waals surface area (Å²) in [5.41, 5.74) is 2.00. The van der Waals surface area contributed by atoms with Crippen molar-refractivity contribution in [2.45, 2.75) is 25.8 Å². The lowest BCUT2D eigenvalue weighted by Gasteiger charge is -2.24. The molecule has 2 heterocycles. The monoisotopic (exact) mass is 351 g/mol. The minimum absolute atomic E-state index is 0.0790. The van der Waals surface area contributed by atoms with Crippen LogP contribution in [0.15, 0.2) is 22.7 Å². The molecule has 2 aliphatic rings. The molecule has 3 rings (SSSR count). The van der Waals surface area contributed by atoms with Crippen molar-refractivity contribution in [3.63, 3.8) is 0 Å². The Hall–Kier alpha value is -0.910. The van der Waals surface area contributed by atoms with Crippen LogP contribution in [-0.2, 0) is 4.79 Å². The molecule has 2 aliphatic heterocycles. The minimum atomic E-state index is 0.0790. The molecule has 1 aromatic carbocycles. The van der Waals surface area contributed by atoms with Crippen LogP contribution < -0.4 is 10.6 Å². The Morgan fingerprint density at radius 1 is 1.48 bits per heavy atom. The van der Waals surface area contributed by atoms with Crippen LogP contribution in [0.3, 0.4) is 0 Å². The molecule has 2 N–H and O–H groups in total. The van der Waals surface area contributed by atoms with E-state index < -0.39 is 0 Å². The fourth-order valence-corrected chi connectivity index (χ4v) is 3.64. The number of amides is 1. The number of aryl methyl sites for hydroxylation is 1. The molecule has 1 amide bonds. The average Bonchev–Trinajstić information content (AvgIpc) is 2.84. The molecule has 5 heteroatoms. The number of likely N-dealkylation sites (tertiary alicyclic amines) is 1. The van der Waals surface area contributed by atoms with Crippen molar-refractivity contribution in [3.05, 3.63) is 28.2 Å². The second-order valence-electron chi connectivity index (χ2n) is 6.17. The Morgan fingerprint density at radius 2 is 2.33 bits per heavy atom. The number of halogens is 1. The number of benzene rings is 1. The molecule has 114 valence electrons. The number of rotatable bonds is 3. The van der Waals surface area contributed by atoms with Crippen molar-refractivity contribution in [2.75, 3.05) is 31.5 Å². The van der Waals surface area contributed by atoms with E-state index in [9.17, 15) is 4.79 Å². The Labute approximate surface area is 134 Å². The lowest BCUT2D eigenvalue weighted by molar-refractivity contribution is -0.117. The highest BCUT2D eigenvalue weighted by Gasteiger charge is 2.34. The lowest BCUT2D eigenvalue weighted by atomic mass is 9.94. The SMILES string of the molecule is Cc1cc(NC(=O)CN2CC3CCCNC3C2)ccc1Br. The van der Waals surface area contributed by atoms with Gasteiger partial charge in [-0.2, -0.15) is 0 Å². The van der Waals surface area contributed by atoms with Crippen LogP contribution in [-0.4, -0.2) is 43.0 Å². The van der Waals surface area contributed by atoms with Crippen LogP contribution in [0.5, 0.6) is 0 Å². The van der Waals surface area contributed by atoms with Gasteiger partial charge in [0.25, 0.3) is 0 Å². The third kappa shape index (κ3) is 3.65. The number of nitrogens with one attached hydrogen (secondary N) is 2. The van der Waals surface area contributed by atoms with E-state index in [1.54, 1.807) is 0 Å². The fraction of sp³-hybridized carbons (Fsp3) is 0.562. The van der Waals surface area contributed by atoms with Crippen molar-refractivity contribution < 1.29 is 4.79 Å². The van der Waals surface area contributed by atoms with E-state index in [4.69, 9.17) is 0 Å². The van der Waals surface area contributed by atoms with Crippen molar-refractivity contribution in [1.82, 2.24) is 10.2 Å². The predicted octanol–water partition coefficient (Wildman–Crippen LogP) is 2.38. The van der Waals surface area contributed by atoms with Gasteiger partial charge in [0.05, 0.1) is 6.54 Å². The Balaban J connectivity index is 1.53. The van der Waals surface area contributed by atoms with Gasteiger partial charge in [-0.05, 0) is 56.0 Å². The number of hydrogen-bond donors (Lipinski definition) is 2. The van der Waals surface area contributed by atoms with E-state index in [-0.39, 0.29) is 5.91 Å². The number of piperidine rings is 1. The van der Waals surface area contributed by atoms with Crippen LogP contribution in [0.2, 0.25) is 0 Å². The number of nitrogens with zero attached hydrogens (tertiary/aromatic N) is 1. The first kappa shape index (κ1) is 15.0. The highest BCUT2D eigenvalue weighted by molar-refractivity contribution is 9.10. The molecule has 2 saturated heterocycles. The van der Waals surface area contributed by atoms with E-state index >= 15 is 0 Å². The maximum atomic E-state index is 12.2. The summed E-state index contributed by atoms with van der Waals surface area (Å²) in [7, 11) is 0. The summed E-state index contributed by atoms with van der Waals surface area (Å²) in [6.07, 6.45) is 2.56. The molecule has 2 unspecified atom stereocenters. The fourth-order valence-electron chi connectivity index (χ4n) is 3.39. The number of fused-ring (bicyclic) bond motifs is 1. The molecule has 1 aromatic rings. The zero-order chi connectivity index (χ0) is 14.8. The van der Waals surface area contributed by atoms with E-state index in [2.05, 4.69) is 31.5 Å². The minimum Gasteiger partial charge on any atom is -0.325 e. The summed E-state index contributed by atoms with van der Waals surface area (Å²) in [5.74, 6) is 0.803. The third-order valence-electron chi connectivity index (χ3n) is 4.48. The summed E-state index contributed by atoms with van der Waals surface area (Å²) >= 11 is 3.47. The van der Waals surface area contributed by atoms with Crippen LogP contribution in [0.4, 0.5) is 5.69 Å². The largest absolute Gasteiger partial charge is 0.325 e. The Bertz CT molecular complexity index is 520. The van der Waals surface area contributed by atoms with E-state index in [0.29, 0.717) is 12.6 Å². The maximum absolute atomic E-state index is 12.2. The second kappa shape index (κ2) is 6.46. The molecule has 0 saturated carbocycles. The third-order valence-corrected chi connectivity index (χ3v) is 5.37. The molecule has 2 atom stereocenters. The Kier molecular flexibility index (Phi) is 4.62. The quantitative estimate of drug-likeness (QED) is 0.878. The highest BCUT2D eigenvalue weighted by atomic mass is 79.9. The number of hydrogen-bond acceptors (Lipinski definition) is 3. The molecular weight excluding hydrogens is 330 g/mol. The van der Waals surface area contributed by atoms with E-state index in [1.165, 1.54) is 12.8 Å². The topological polar surface area (TPSA) is 44.4 Å². The lowest BCUT2D eigenvalue weighted by Crippen LogP contribution is -2.41. The van der Waals surface area contributed by atoms with Gasteiger partial charge >= 0.3 is 0 Å². The standard InChI is InChI=1S/C16H22BrN3O/c1-11-7-13(4-5-14(11)17)19-16(21)10-20-8-12-3-2-6-18-15(12)9-20/h4-5,7,12,15,18H,2-3,6,8-10H2,1H3,(H,19,21). The summed E-state index contributed by atoms with van der Waals surface area (Å²) in [6.45, 7) is 5.68. The number of anilines is 1. The van der Waals surface area contributed by atoms with Gasteiger partial charge in [0.1, 0.15) is 0 Å². The predicted molar refractivity (Wildman–Crippen MR) is 88.5 cm³/mol. The van der Waals surface area contributed by atoms with Gasteiger partial charge in [0.15, 0.2) is 0 Å². The van der Waals surface area contributed by atoms with E-state index in [0.717, 1.165) is 41.3 Å². The molecule has 0 aliphatic carbocycles. The molecule has 2 fully saturated rings. The van der Waals surface area contributed by atoms with Crippen molar-refractivity contribution in [3.8, 4) is 0 Å². The molecule has 0 radical (unpaired) electrons. The molecule has 0 aromatic heterocycles. The smallest absolute Gasteiger partial charge is 0.238 e. The normalized spacial score (nSPS) is 25.6. The summed E-state index contributed by atoms with van der Waals surface area (Å²) in [6, 6.07) is 6.48. The van der Waals surface area contributed by atoms with Gasteiger partial charge in [-0.15, -0.1) is 0 Å². The van der Waals surface area contributed by atoms with Crippen LogP contribution >= 0.6 is 15.9 Å². The molecule has 4 nitrogen and oxygen atoms in total. The first-order valence-electron chi connectivity index (χ1n) is 7.63. The Morgan fingerprint density at radius 3 is 3.10 bits per heavy atom. The van der Waals surface area contributed by atoms with E-state index in [1.807, 2.05) is 25.1 Å². The van der Waals surface area contributed by atoms with Gasteiger partial charge < -0.3 is 10.6 Å². The van der Waals surface area contributed by atoms with Crippen LogP contribution in [0.25, 0.3) is 0 Å². The molecule has 21 heavy (non-hydrogen) atoms. The maximum Gasteiger partial charge on any atom is 0.238 e. The number of carbonyl (C=O) groups is 1. The van der Waals surface area contributed by atoms with Crippen molar-refractivity contribution in [1.29, 1.82) is 0 Å². The zero-order valence-electron chi connectivity index (χ0n) is 12.4. The van der Waals surface area contributed by atoms with Gasteiger partial charge in [-0.25, -0.2) is 0 Å². The summed E-state index contributed by atoms with van der Waals surface area (Å²) < 4.78 is 1.06. The molecule has 0 spiro atoms. The van der Waals surface area contributed by atoms with Gasteiger partial charge in [-0.1, -0.05) is 15.9 Å². The van der Waals surface area contributed by atoms with Crippen LogP contribution in [0.1, 0.15) is 18.4 Å². The first-order chi connectivity index (χ1) is 10.1. The van der Waals surface area contributed by atoms with Gasteiger partial charge in [-0.3, -0.25) is 9.69 Å². The zero-order valence-corrected chi connectivity index (χ0v) is 13.9. The average molecular weight is 352 g/mol. The van der Waals surface area contributed by atoms with Gasteiger partial charge in [0.2, 0.25) is 5.91 Å². The molecule has 0 bridgehead atoms. The highest BCUT2D eigenvalue weighted by Crippen LogP contribution is 2.25. The van der Waals surface area contributed by atoms with Crippen LogP contribution in [0, 0.1) is 12.8 Å². The number of carbonyl (C=O) groups excluding carboxylic acids is 1. The van der Waals surface area contributed by atoms with Crippen molar-refractivity contribution in [2.24, 2.45) is 5.92 Å². The van der Waals surface area contributed by atoms with Gasteiger partial charge in [0, 0.05) is 29.3 Å². The van der Waals surface area contributed by atoms with Crippen molar-refractivity contribution >= 4 is 27.5 Å². The first-order valence-corrected chi connectivity index (χ1v) is 8.43. The molecular formula is C16H22BrN3O. The second-order valence-corrected chi connectivity index (χ2v) is 7.02.